The molecule has 3 rings (SSSR count). The third-order valence-electron chi connectivity index (χ3n) is 5.46. The Hall–Kier alpha value is -1.69. The van der Waals surface area contributed by atoms with E-state index in [9.17, 15) is 14.4 Å². The molecule has 3 atom stereocenters. The van der Waals surface area contributed by atoms with Crippen LogP contribution in [0.2, 0.25) is 0 Å². The van der Waals surface area contributed by atoms with Crippen LogP contribution in [-0.2, 0) is 9.53 Å². The van der Waals surface area contributed by atoms with Gasteiger partial charge in [-0.25, -0.2) is 0 Å². The molecule has 1 heterocycles. The maximum absolute atomic E-state index is 12.5. The number of hydrogen-bond acceptors (Lipinski definition) is 4. The minimum Gasteiger partial charge on any atom is -0.461 e. The Labute approximate surface area is 162 Å². The molecule has 2 amide bonds. The van der Waals surface area contributed by atoms with E-state index in [-0.39, 0.29) is 12.6 Å². The van der Waals surface area contributed by atoms with Crippen molar-refractivity contribution in [3.63, 3.8) is 0 Å². The molecule has 0 saturated heterocycles. The summed E-state index contributed by atoms with van der Waals surface area (Å²) in [4.78, 5) is 38.4. The first-order chi connectivity index (χ1) is 12.3. The summed E-state index contributed by atoms with van der Waals surface area (Å²) in [7, 11) is 0. The Balaban J connectivity index is 1.68. The van der Waals surface area contributed by atoms with E-state index in [0.717, 1.165) is 28.6 Å². The summed E-state index contributed by atoms with van der Waals surface area (Å²) in [5.41, 5.74) is 0.654. The van der Waals surface area contributed by atoms with Gasteiger partial charge in [-0.1, -0.05) is 43.1 Å². The van der Waals surface area contributed by atoms with E-state index in [4.69, 9.17) is 4.74 Å². The minimum absolute atomic E-state index is 0.143. The van der Waals surface area contributed by atoms with Crippen LogP contribution in [0.3, 0.4) is 0 Å². The van der Waals surface area contributed by atoms with Gasteiger partial charge in [0.1, 0.15) is 12.6 Å². The summed E-state index contributed by atoms with van der Waals surface area (Å²) in [6, 6.07) is 4.92. The molecule has 1 saturated carbocycles. The number of fused-ring (bicyclic) bond motifs is 1. The molecule has 1 fully saturated rings. The van der Waals surface area contributed by atoms with E-state index in [2.05, 4.69) is 36.7 Å². The zero-order chi connectivity index (χ0) is 19.0. The summed E-state index contributed by atoms with van der Waals surface area (Å²) in [5, 5.41) is 0. The Bertz CT molecular complexity index is 745. The molecule has 0 unspecified atom stereocenters. The van der Waals surface area contributed by atoms with Crippen molar-refractivity contribution >= 4 is 33.7 Å². The Morgan fingerprint density at radius 3 is 2.62 bits per heavy atom. The van der Waals surface area contributed by atoms with Crippen LogP contribution < -0.4 is 0 Å². The smallest absolute Gasteiger partial charge is 0.326 e. The molecule has 5 nitrogen and oxygen atoms in total. The molecule has 1 aliphatic carbocycles. The molecule has 140 valence electrons. The predicted octanol–water partition coefficient (Wildman–Crippen LogP) is 4.05. The van der Waals surface area contributed by atoms with Crippen LogP contribution in [0.1, 0.15) is 60.7 Å². The highest BCUT2D eigenvalue weighted by Crippen LogP contribution is 2.35. The normalized spacial score (nSPS) is 25.6. The van der Waals surface area contributed by atoms with Gasteiger partial charge in [-0.15, -0.1) is 0 Å². The van der Waals surface area contributed by atoms with Crippen LogP contribution in [0, 0.1) is 17.8 Å². The molecule has 6 heteroatoms. The van der Waals surface area contributed by atoms with Gasteiger partial charge in [0.15, 0.2) is 0 Å². The summed E-state index contributed by atoms with van der Waals surface area (Å²) in [6.45, 7) is 6.12. The minimum atomic E-state index is -0.511. The third kappa shape index (κ3) is 3.70. The lowest BCUT2D eigenvalue weighted by atomic mass is 9.75. The van der Waals surface area contributed by atoms with Crippen molar-refractivity contribution < 1.29 is 19.1 Å². The SMILES string of the molecule is CC(C)[C@@H]1CC[C@H](C)C[C@@H]1OC(=O)CN1C(=O)c2ccc(Br)cc2C1=O. The fraction of sp³-hybridized carbons (Fsp3) is 0.550. The highest BCUT2D eigenvalue weighted by molar-refractivity contribution is 9.10. The van der Waals surface area contributed by atoms with Crippen LogP contribution in [0.4, 0.5) is 0 Å². The maximum atomic E-state index is 12.5. The number of amides is 2. The van der Waals surface area contributed by atoms with Gasteiger partial charge >= 0.3 is 5.97 Å². The fourth-order valence-corrected chi connectivity index (χ4v) is 4.35. The first-order valence-corrected chi connectivity index (χ1v) is 9.92. The van der Waals surface area contributed by atoms with Crippen LogP contribution in [0.5, 0.6) is 0 Å². The van der Waals surface area contributed by atoms with Gasteiger partial charge in [-0.2, -0.15) is 0 Å². The van der Waals surface area contributed by atoms with Crippen molar-refractivity contribution in [3.05, 3.63) is 33.8 Å². The van der Waals surface area contributed by atoms with Crippen LogP contribution in [-0.4, -0.2) is 35.3 Å². The summed E-state index contributed by atoms with van der Waals surface area (Å²) in [6.07, 6.45) is 2.88. The number of hydrogen-bond donors (Lipinski definition) is 0. The molecular formula is C20H24BrNO4. The number of esters is 1. The highest BCUT2D eigenvalue weighted by atomic mass is 79.9. The Morgan fingerprint density at radius 1 is 1.23 bits per heavy atom. The molecule has 0 spiro atoms. The average Bonchev–Trinajstić information content (AvgIpc) is 2.79. The van der Waals surface area contributed by atoms with Crippen molar-refractivity contribution in [2.24, 2.45) is 17.8 Å². The number of halogens is 1. The molecule has 1 aromatic carbocycles. The lowest BCUT2D eigenvalue weighted by Gasteiger charge is -2.36. The zero-order valence-electron chi connectivity index (χ0n) is 15.3. The summed E-state index contributed by atoms with van der Waals surface area (Å²) >= 11 is 3.30. The van der Waals surface area contributed by atoms with Crippen LogP contribution >= 0.6 is 15.9 Å². The molecule has 1 aliphatic heterocycles. The van der Waals surface area contributed by atoms with Gasteiger partial charge in [-0.05, 0) is 48.8 Å². The monoisotopic (exact) mass is 421 g/mol. The lowest BCUT2D eigenvalue weighted by Crippen LogP contribution is -2.40. The highest BCUT2D eigenvalue weighted by Gasteiger charge is 2.39. The molecule has 26 heavy (non-hydrogen) atoms. The van der Waals surface area contributed by atoms with E-state index in [1.165, 1.54) is 0 Å². The van der Waals surface area contributed by atoms with E-state index < -0.39 is 17.8 Å². The van der Waals surface area contributed by atoms with E-state index in [0.29, 0.717) is 28.9 Å². The van der Waals surface area contributed by atoms with Gasteiger partial charge in [0.05, 0.1) is 11.1 Å². The van der Waals surface area contributed by atoms with Crippen molar-refractivity contribution in [2.75, 3.05) is 6.54 Å². The quantitative estimate of drug-likeness (QED) is 0.543. The molecule has 0 radical (unpaired) electrons. The van der Waals surface area contributed by atoms with Crippen molar-refractivity contribution in [1.29, 1.82) is 0 Å². The molecule has 2 aliphatic rings. The van der Waals surface area contributed by atoms with Crippen LogP contribution in [0.25, 0.3) is 0 Å². The first kappa shape index (κ1) is 19.1. The van der Waals surface area contributed by atoms with E-state index in [1.807, 2.05) is 0 Å². The Morgan fingerprint density at radius 2 is 1.92 bits per heavy atom. The predicted molar refractivity (Wildman–Crippen MR) is 101 cm³/mol. The fourth-order valence-electron chi connectivity index (χ4n) is 3.99. The Kier molecular flexibility index (Phi) is 5.51. The maximum Gasteiger partial charge on any atom is 0.326 e. The number of rotatable bonds is 4. The van der Waals surface area contributed by atoms with Gasteiger partial charge in [0.2, 0.25) is 0 Å². The average molecular weight is 422 g/mol. The number of nitrogens with zero attached hydrogens (tertiary/aromatic N) is 1. The lowest BCUT2D eigenvalue weighted by molar-refractivity contribution is -0.156. The summed E-state index contributed by atoms with van der Waals surface area (Å²) in [5.74, 6) is -0.124. The topological polar surface area (TPSA) is 63.7 Å². The standard InChI is InChI=1S/C20H24BrNO4/c1-11(2)14-6-4-12(3)8-17(14)26-18(23)10-22-19(24)15-7-5-13(21)9-16(15)20(22)25/h5,7,9,11-12,14,17H,4,6,8,10H2,1-3H3/t12-,14-,17-/m0/s1. The zero-order valence-corrected chi connectivity index (χ0v) is 16.9. The molecule has 0 bridgehead atoms. The second-order valence-electron chi connectivity index (χ2n) is 7.74. The van der Waals surface area contributed by atoms with Gasteiger partial charge in [0.25, 0.3) is 11.8 Å². The first-order valence-electron chi connectivity index (χ1n) is 9.13. The number of benzene rings is 1. The van der Waals surface area contributed by atoms with Crippen molar-refractivity contribution in [2.45, 2.75) is 46.1 Å². The molecule has 0 N–H and O–H groups in total. The van der Waals surface area contributed by atoms with Gasteiger partial charge in [0, 0.05) is 4.47 Å². The number of imide groups is 1. The van der Waals surface area contributed by atoms with Crippen LogP contribution in [0.15, 0.2) is 22.7 Å². The summed E-state index contributed by atoms with van der Waals surface area (Å²) < 4.78 is 6.44. The second kappa shape index (κ2) is 7.51. The third-order valence-corrected chi connectivity index (χ3v) is 5.96. The number of carbonyl (C=O) groups is 3. The molecule has 1 aromatic rings. The largest absolute Gasteiger partial charge is 0.461 e. The van der Waals surface area contributed by atoms with Crippen molar-refractivity contribution in [1.82, 2.24) is 4.90 Å². The molecular weight excluding hydrogens is 398 g/mol. The van der Waals surface area contributed by atoms with E-state index in [1.54, 1.807) is 18.2 Å². The van der Waals surface area contributed by atoms with E-state index >= 15 is 0 Å². The van der Waals surface area contributed by atoms with Gasteiger partial charge in [-0.3, -0.25) is 19.3 Å². The number of carbonyl (C=O) groups excluding carboxylic acids is 3. The molecule has 0 aromatic heterocycles. The second-order valence-corrected chi connectivity index (χ2v) is 8.66. The van der Waals surface area contributed by atoms with Crippen molar-refractivity contribution in [3.8, 4) is 0 Å². The van der Waals surface area contributed by atoms with Gasteiger partial charge < -0.3 is 4.74 Å². The number of ether oxygens (including phenoxy) is 1.